The number of methoxy groups -OCH3 is 1. The number of nitrogens with zero attached hydrogens (tertiary/aromatic N) is 6. The molecular formula is C61H71N7O10. The van der Waals surface area contributed by atoms with Crippen molar-refractivity contribution in [2.45, 2.75) is 105 Å². The fourth-order valence-corrected chi connectivity index (χ4v) is 9.10. The van der Waals surface area contributed by atoms with Crippen LogP contribution >= 0.6 is 0 Å². The lowest BCUT2D eigenvalue weighted by Crippen LogP contribution is -2.44. The van der Waals surface area contributed by atoms with Gasteiger partial charge in [0, 0.05) is 76.3 Å². The highest BCUT2D eigenvalue weighted by Crippen LogP contribution is 2.22. The first kappa shape index (κ1) is 57.8. The van der Waals surface area contributed by atoms with Crippen molar-refractivity contribution >= 4 is 30.0 Å². The van der Waals surface area contributed by atoms with E-state index in [-0.39, 0.29) is 43.7 Å². The van der Waals surface area contributed by atoms with E-state index in [1.54, 1.807) is 30.3 Å². The number of benzene rings is 3. The van der Waals surface area contributed by atoms with Gasteiger partial charge in [-0.15, -0.1) is 0 Å². The first-order chi connectivity index (χ1) is 37.5. The SMILES string of the molecule is COC(=O)c1cc(C(=O)OCc2ccccc2)cc(CN2CCN(Cc3cc(C(=O)OCc4ccccc4)cc(C)n3)CCN(Cc3cc(C(=O)OCc4ccccc4)cc(C)n3)C[C@@H]2CCCCNC(=O)OC(C)(C)C)n1. The molecule has 1 aliphatic heterocycles. The molecule has 78 heavy (non-hydrogen) atoms. The van der Waals surface area contributed by atoms with Crippen molar-refractivity contribution in [3.63, 3.8) is 0 Å². The average molecular weight is 1060 g/mol. The largest absolute Gasteiger partial charge is 0.464 e. The maximum Gasteiger partial charge on any atom is 0.407 e. The van der Waals surface area contributed by atoms with Gasteiger partial charge in [0.2, 0.25) is 0 Å². The van der Waals surface area contributed by atoms with E-state index in [2.05, 4.69) is 20.0 Å². The van der Waals surface area contributed by atoms with Crippen molar-refractivity contribution in [3.05, 3.63) is 195 Å². The maximum atomic E-state index is 13.7. The summed E-state index contributed by atoms with van der Waals surface area (Å²) in [7, 11) is 1.27. The Balaban J connectivity index is 1.20. The normalized spacial score (nSPS) is 14.5. The Bertz CT molecular complexity index is 2960. The number of amides is 1. The Morgan fingerprint density at radius 1 is 0.551 bits per heavy atom. The number of nitrogens with one attached hydrogen (secondary N) is 1. The average Bonchev–Trinajstić information content (AvgIpc) is 3.51. The van der Waals surface area contributed by atoms with Gasteiger partial charge in [0.15, 0.2) is 0 Å². The number of ether oxygens (including phenoxy) is 5. The quantitative estimate of drug-likeness (QED) is 0.0407. The number of hydrogen-bond donors (Lipinski definition) is 1. The molecule has 0 spiro atoms. The number of carbonyl (C=O) groups excluding carboxylic acids is 5. The van der Waals surface area contributed by atoms with Crippen LogP contribution in [-0.4, -0.2) is 118 Å². The molecule has 1 aliphatic rings. The molecule has 0 radical (unpaired) electrons. The number of hydrogen-bond acceptors (Lipinski definition) is 16. The van der Waals surface area contributed by atoms with Gasteiger partial charge in [-0.3, -0.25) is 24.7 Å². The molecule has 17 heteroatoms. The second-order valence-electron chi connectivity index (χ2n) is 20.4. The molecule has 17 nitrogen and oxygen atoms in total. The number of alkyl carbamates (subject to hydrolysis) is 1. The third-order valence-electron chi connectivity index (χ3n) is 12.8. The second kappa shape index (κ2) is 28.5. The fraction of sp³-hybridized carbons (Fsp3) is 0.377. The highest BCUT2D eigenvalue weighted by Gasteiger charge is 2.28. The van der Waals surface area contributed by atoms with Crippen molar-refractivity contribution in [1.29, 1.82) is 0 Å². The van der Waals surface area contributed by atoms with Gasteiger partial charge >= 0.3 is 30.0 Å². The smallest absolute Gasteiger partial charge is 0.407 e. The Labute approximate surface area is 457 Å². The number of unbranched alkanes of at least 4 members (excludes halogenated alkanes) is 1. The standard InChI is InChI=1S/C61H71N7O10/c1-43-30-48(56(69)75-40-45-18-10-7-11-19-45)32-51(63-43)36-66-26-27-67(37-52-33-49(31-44(2)64-52)57(70)76-41-46-20-12-8-13-21-46)39-54(24-16-17-25-62-60(73)78-61(3,4)5)68(29-28-66)38-53-34-50(35-55(65-53)59(72)74-6)58(71)77-42-47-22-14-9-15-23-47/h7-15,18-23,30-35,54H,16-17,24-29,36-42H2,1-6H3,(H,62,73)/t54-/m0/s1. The summed E-state index contributed by atoms with van der Waals surface area (Å²) in [6, 6.07) is 38.3. The van der Waals surface area contributed by atoms with Gasteiger partial charge in [-0.25, -0.2) is 29.0 Å². The van der Waals surface area contributed by atoms with Crippen molar-refractivity contribution in [2.75, 3.05) is 46.4 Å². The van der Waals surface area contributed by atoms with Crippen LogP contribution in [0, 0.1) is 13.8 Å². The Morgan fingerprint density at radius 3 is 1.49 bits per heavy atom. The third kappa shape index (κ3) is 18.7. The number of aryl methyl sites for hydroxylation is 2. The molecule has 1 atom stereocenters. The molecule has 0 bridgehead atoms. The summed E-state index contributed by atoms with van der Waals surface area (Å²) in [6.07, 6.45) is 1.58. The molecule has 1 saturated heterocycles. The molecule has 410 valence electrons. The van der Waals surface area contributed by atoms with Gasteiger partial charge in [-0.05, 0) is 101 Å². The predicted molar refractivity (Wildman–Crippen MR) is 293 cm³/mol. The zero-order chi connectivity index (χ0) is 55.4. The van der Waals surface area contributed by atoms with Gasteiger partial charge in [0.1, 0.15) is 31.1 Å². The summed E-state index contributed by atoms with van der Waals surface area (Å²) in [5, 5.41) is 2.89. The molecule has 7 rings (SSSR count). The number of aromatic nitrogens is 3. The lowest BCUT2D eigenvalue weighted by Gasteiger charge is -2.35. The summed E-state index contributed by atoms with van der Waals surface area (Å²) >= 11 is 0. The van der Waals surface area contributed by atoms with E-state index in [4.69, 9.17) is 38.6 Å². The van der Waals surface area contributed by atoms with Crippen LogP contribution in [0.2, 0.25) is 0 Å². The van der Waals surface area contributed by atoms with E-state index in [0.717, 1.165) is 23.1 Å². The van der Waals surface area contributed by atoms with Crippen LogP contribution in [0.15, 0.2) is 127 Å². The monoisotopic (exact) mass is 1060 g/mol. The zero-order valence-corrected chi connectivity index (χ0v) is 45.6. The summed E-state index contributed by atoms with van der Waals surface area (Å²) in [5.41, 5.74) is 6.01. The summed E-state index contributed by atoms with van der Waals surface area (Å²) < 4.78 is 27.8. The minimum absolute atomic E-state index is 0.0336. The van der Waals surface area contributed by atoms with Gasteiger partial charge < -0.3 is 29.0 Å². The van der Waals surface area contributed by atoms with E-state index in [9.17, 15) is 24.0 Å². The van der Waals surface area contributed by atoms with E-state index in [0.29, 0.717) is 105 Å². The number of pyridine rings is 3. The van der Waals surface area contributed by atoms with Gasteiger partial charge in [0.25, 0.3) is 0 Å². The van der Waals surface area contributed by atoms with Crippen molar-refractivity contribution < 1.29 is 47.7 Å². The Kier molecular flexibility index (Phi) is 21.1. The second-order valence-corrected chi connectivity index (χ2v) is 20.4. The van der Waals surface area contributed by atoms with Gasteiger partial charge in [0.05, 0.1) is 40.9 Å². The molecule has 0 saturated carbocycles. The lowest BCUT2D eigenvalue weighted by molar-refractivity contribution is 0.0462. The topological polar surface area (TPSA) is 192 Å². The zero-order valence-electron chi connectivity index (χ0n) is 45.6. The first-order valence-electron chi connectivity index (χ1n) is 26.4. The molecule has 1 fully saturated rings. The molecule has 4 heterocycles. The van der Waals surface area contributed by atoms with E-state index in [1.807, 2.05) is 126 Å². The van der Waals surface area contributed by atoms with Crippen LogP contribution in [0.3, 0.4) is 0 Å². The van der Waals surface area contributed by atoms with Crippen molar-refractivity contribution in [2.24, 2.45) is 0 Å². The Morgan fingerprint density at radius 2 is 1.00 bits per heavy atom. The Hall–Kier alpha value is -7.86. The van der Waals surface area contributed by atoms with Crippen LogP contribution in [0.1, 0.15) is 127 Å². The van der Waals surface area contributed by atoms with Crippen molar-refractivity contribution in [3.8, 4) is 0 Å². The van der Waals surface area contributed by atoms with Crippen molar-refractivity contribution in [1.82, 2.24) is 35.0 Å². The molecule has 0 aliphatic carbocycles. The molecule has 1 N–H and O–H groups in total. The number of carbonyl (C=O) groups is 5. The van der Waals surface area contributed by atoms with Crippen LogP contribution < -0.4 is 5.32 Å². The minimum Gasteiger partial charge on any atom is -0.464 e. The van der Waals surface area contributed by atoms with Crippen LogP contribution in [0.4, 0.5) is 4.79 Å². The lowest BCUT2D eigenvalue weighted by atomic mass is 10.1. The highest BCUT2D eigenvalue weighted by atomic mass is 16.6. The predicted octanol–water partition coefficient (Wildman–Crippen LogP) is 9.23. The van der Waals surface area contributed by atoms with Crippen LogP contribution in [0.5, 0.6) is 0 Å². The fourth-order valence-electron chi connectivity index (χ4n) is 9.10. The first-order valence-corrected chi connectivity index (χ1v) is 26.4. The highest BCUT2D eigenvalue weighted by molar-refractivity contribution is 5.94. The molecule has 3 aromatic heterocycles. The molecular weight excluding hydrogens is 991 g/mol. The number of esters is 4. The van der Waals surface area contributed by atoms with Crippen LogP contribution in [-0.2, 0) is 63.1 Å². The van der Waals surface area contributed by atoms with E-state index in [1.165, 1.54) is 13.2 Å². The molecule has 3 aromatic carbocycles. The number of rotatable bonds is 21. The van der Waals surface area contributed by atoms with Gasteiger partial charge in [-0.1, -0.05) is 97.4 Å². The molecule has 6 aromatic rings. The van der Waals surface area contributed by atoms with E-state index >= 15 is 0 Å². The minimum atomic E-state index is -0.701. The summed E-state index contributed by atoms with van der Waals surface area (Å²) in [5.74, 6) is -2.22. The van der Waals surface area contributed by atoms with E-state index < -0.39 is 35.6 Å². The summed E-state index contributed by atoms with van der Waals surface area (Å²) in [4.78, 5) is 88.1. The van der Waals surface area contributed by atoms with Gasteiger partial charge in [-0.2, -0.15) is 0 Å². The maximum absolute atomic E-state index is 13.7. The third-order valence-corrected chi connectivity index (χ3v) is 12.8. The molecule has 1 amide bonds. The molecule has 0 unspecified atom stereocenters. The van der Waals surface area contributed by atoms with Crippen LogP contribution in [0.25, 0.3) is 0 Å². The summed E-state index contributed by atoms with van der Waals surface area (Å²) in [6.45, 7) is 13.7.